The Labute approximate surface area is 98.7 Å². The minimum Gasteiger partial charge on any atom is -0.366 e. The van der Waals surface area contributed by atoms with Crippen molar-refractivity contribution in [2.75, 3.05) is 0 Å². The summed E-state index contributed by atoms with van der Waals surface area (Å²) in [6.07, 6.45) is 4.17. The summed E-state index contributed by atoms with van der Waals surface area (Å²) in [5.41, 5.74) is 0. The highest BCUT2D eigenvalue weighted by Gasteiger charge is 2.07. The van der Waals surface area contributed by atoms with E-state index in [4.69, 9.17) is 0 Å². The normalized spacial score (nSPS) is 11.5. The van der Waals surface area contributed by atoms with Crippen molar-refractivity contribution in [3.05, 3.63) is 60.9 Å². The van der Waals surface area contributed by atoms with Crippen molar-refractivity contribution < 1.29 is 0 Å². The second kappa shape index (κ2) is 3.11. The zero-order valence-corrected chi connectivity index (χ0v) is 9.27. The summed E-state index contributed by atoms with van der Waals surface area (Å²) < 4.78 is 0. The number of aromatic amines is 1. The molecule has 1 nitrogen and oxygen atoms in total. The largest absolute Gasteiger partial charge is 0.366 e. The molecule has 0 aliphatic carbocycles. The molecule has 0 aliphatic heterocycles. The Kier molecular flexibility index (Phi) is 1.61. The van der Waals surface area contributed by atoms with Gasteiger partial charge >= 0.3 is 0 Å². The minimum atomic E-state index is 1.30. The summed E-state index contributed by atoms with van der Waals surface area (Å²) >= 11 is 0. The summed E-state index contributed by atoms with van der Waals surface area (Å²) in [6, 6.07) is 17.2. The van der Waals surface area contributed by atoms with Gasteiger partial charge in [-0.1, -0.05) is 48.5 Å². The van der Waals surface area contributed by atoms with Gasteiger partial charge < -0.3 is 4.98 Å². The van der Waals surface area contributed by atoms with Gasteiger partial charge in [0.25, 0.3) is 0 Å². The van der Waals surface area contributed by atoms with E-state index in [9.17, 15) is 0 Å². The predicted molar refractivity (Wildman–Crippen MR) is 73.3 cm³/mol. The lowest BCUT2D eigenvalue weighted by Crippen LogP contribution is -1.78. The molecular weight excluding hydrogens is 206 g/mol. The van der Waals surface area contributed by atoms with Gasteiger partial charge in [0.1, 0.15) is 0 Å². The Morgan fingerprint density at radius 2 is 0.824 bits per heavy atom. The number of rotatable bonds is 0. The van der Waals surface area contributed by atoms with Crippen molar-refractivity contribution in [3.8, 4) is 0 Å². The van der Waals surface area contributed by atoms with Crippen molar-refractivity contribution in [1.82, 2.24) is 4.98 Å². The summed E-state index contributed by atoms with van der Waals surface area (Å²) in [7, 11) is 0. The number of hydrogen-bond donors (Lipinski definition) is 1. The number of fused-ring (bicyclic) bond motifs is 6. The quantitative estimate of drug-likeness (QED) is 0.418. The van der Waals surface area contributed by atoms with E-state index in [0.717, 1.165) is 0 Å². The van der Waals surface area contributed by atoms with E-state index in [1.165, 1.54) is 32.3 Å². The zero-order chi connectivity index (χ0) is 11.2. The summed E-state index contributed by atoms with van der Waals surface area (Å²) in [5, 5.41) is 7.91. The molecule has 17 heavy (non-hydrogen) atoms. The molecule has 0 atom stereocenters. The highest BCUT2D eigenvalue weighted by atomic mass is 14.6. The molecule has 0 saturated carbocycles. The van der Waals surface area contributed by atoms with Crippen molar-refractivity contribution in [2.45, 2.75) is 0 Å². The highest BCUT2D eigenvalue weighted by molar-refractivity contribution is 6.25. The SMILES string of the molecule is c1ccc2c(c1)c1ccccc1c1c[nH]cc21. The van der Waals surface area contributed by atoms with Crippen LogP contribution in [0.3, 0.4) is 0 Å². The van der Waals surface area contributed by atoms with E-state index in [-0.39, 0.29) is 0 Å². The van der Waals surface area contributed by atoms with Gasteiger partial charge in [0.2, 0.25) is 0 Å². The number of hydrogen-bond acceptors (Lipinski definition) is 0. The summed E-state index contributed by atoms with van der Waals surface area (Å²) in [4.78, 5) is 3.22. The molecule has 0 saturated heterocycles. The molecule has 1 aromatic heterocycles. The van der Waals surface area contributed by atoms with Crippen LogP contribution in [0.1, 0.15) is 0 Å². The molecule has 0 bridgehead atoms. The average molecular weight is 217 g/mol. The minimum absolute atomic E-state index is 1.30. The van der Waals surface area contributed by atoms with E-state index < -0.39 is 0 Å². The fourth-order valence-corrected chi connectivity index (χ4v) is 2.72. The van der Waals surface area contributed by atoms with Gasteiger partial charge in [-0.25, -0.2) is 0 Å². The highest BCUT2D eigenvalue weighted by Crippen LogP contribution is 2.34. The predicted octanol–water partition coefficient (Wildman–Crippen LogP) is 4.47. The summed E-state index contributed by atoms with van der Waals surface area (Å²) in [6.45, 7) is 0. The van der Waals surface area contributed by atoms with Crippen LogP contribution in [0.2, 0.25) is 0 Å². The Morgan fingerprint density at radius 3 is 1.24 bits per heavy atom. The average Bonchev–Trinajstić information content (AvgIpc) is 2.89. The molecule has 0 spiro atoms. The monoisotopic (exact) mass is 217 g/mol. The van der Waals surface area contributed by atoms with E-state index in [2.05, 4.69) is 65.9 Å². The second-order valence-electron chi connectivity index (χ2n) is 4.37. The van der Waals surface area contributed by atoms with Crippen LogP contribution in [0.4, 0.5) is 0 Å². The number of H-pyrrole nitrogens is 1. The molecule has 3 aromatic carbocycles. The van der Waals surface area contributed by atoms with Crippen LogP contribution < -0.4 is 0 Å². The Hall–Kier alpha value is -2.28. The molecule has 1 heterocycles. The standard InChI is InChI=1S/C16H11N/c1-3-7-13-11(5-1)12-6-2-4-8-14(12)16-10-17-9-15(13)16/h1-10,17H. The number of benzene rings is 3. The first-order valence-electron chi connectivity index (χ1n) is 5.81. The van der Waals surface area contributed by atoms with Gasteiger partial charge in [-0.3, -0.25) is 0 Å². The number of nitrogens with one attached hydrogen (secondary N) is 1. The first kappa shape index (κ1) is 8.82. The third kappa shape index (κ3) is 1.08. The van der Waals surface area contributed by atoms with Gasteiger partial charge in [-0.05, 0) is 21.5 Å². The van der Waals surface area contributed by atoms with Crippen LogP contribution >= 0.6 is 0 Å². The smallest absolute Gasteiger partial charge is 0.00908 e. The maximum atomic E-state index is 3.22. The van der Waals surface area contributed by atoms with Crippen molar-refractivity contribution >= 4 is 32.3 Å². The third-order valence-corrected chi connectivity index (χ3v) is 3.47. The fraction of sp³-hybridized carbons (Fsp3) is 0. The van der Waals surface area contributed by atoms with E-state index in [0.29, 0.717) is 0 Å². The molecule has 0 fully saturated rings. The zero-order valence-electron chi connectivity index (χ0n) is 9.27. The van der Waals surface area contributed by atoms with E-state index in [1.807, 2.05) is 0 Å². The van der Waals surface area contributed by atoms with Gasteiger partial charge in [0, 0.05) is 23.2 Å². The van der Waals surface area contributed by atoms with Crippen LogP contribution in [0, 0.1) is 0 Å². The molecule has 4 aromatic rings. The molecule has 0 unspecified atom stereocenters. The van der Waals surface area contributed by atoms with Crippen LogP contribution in [-0.4, -0.2) is 4.98 Å². The first-order chi connectivity index (χ1) is 8.45. The molecular formula is C16H11N. The van der Waals surface area contributed by atoms with Crippen LogP contribution in [0.15, 0.2) is 60.9 Å². The molecule has 1 N–H and O–H groups in total. The van der Waals surface area contributed by atoms with Crippen molar-refractivity contribution in [3.63, 3.8) is 0 Å². The molecule has 1 heteroatoms. The molecule has 0 amide bonds. The van der Waals surface area contributed by atoms with Gasteiger partial charge in [-0.2, -0.15) is 0 Å². The first-order valence-corrected chi connectivity index (χ1v) is 5.81. The van der Waals surface area contributed by atoms with Gasteiger partial charge in [-0.15, -0.1) is 0 Å². The van der Waals surface area contributed by atoms with E-state index in [1.54, 1.807) is 0 Å². The lowest BCUT2D eigenvalue weighted by atomic mass is 9.97. The summed E-state index contributed by atoms with van der Waals surface area (Å²) in [5.74, 6) is 0. The van der Waals surface area contributed by atoms with Gasteiger partial charge in [0.15, 0.2) is 0 Å². The lowest BCUT2D eigenvalue weighted by Gasteiger charge is -2.06. The maximum Gasteiger partial charge on any atom is 0.00908 e. The van der Waals surface area contributed by atoms with Crippen LogP contribution in [0.25, 0.3) is 32.3 Å². The second-order valence-corrected chi connectivity index (χ2v) is 4.37. The van der Waals surface area contributed by atoms with Crippen LogP contribution in [-0.2, 0) is 0 Å². The third-order valence-electron chi connectivity index (χ3n) is 3.47. The van der Waals surface area contributed by atoms with E-state index >= 15 is 0 Å². The van der Waals surface area contributed by atoms with Crippen LogP contribution in [0.5, 0.6) is 0 Å². The Morgan fingerprint density at radius 1 is 0.471 bits per heavy atom. The Bertz CT molecular complexity index is 770. The number of aromatic nitrogens is 1. The molecule has 80 valence electrons. The molecule has 0 aliphatic rings. The van der Waals surface area contributed by atoms with Gasteiger partial charge in [0.05, 0.1) is 0 Å². The molecule has 4 rings (SSSR count). The lowest BCUT2D eigenvalue weighted by molar-refractivity contribution is 1.43. The maximum absolute atomic E-state index is 3.22. The van der Waals surface area contributed by atoms with Crippen molar-refractivity contribution in [2.24, 2.45) is 0 Å². The van der Waals surface area contributed by atoms with Crippen molar-refractivity contribution in [1.29, 1.82) is 0 Å². The fourth-order valence-electron chi connectivity index (χ4n) is 2.72. The topological polar surface area (TPSA) is 15.8 Å². The molecule has 0 radical (unpaired) electrons. The Balaban J connectivity index is 2.48.